The number of ether oxygens (including phenoxy) is 1. The second kappa shape index (κ2) is 10.8. The van der Waals surface area contributed by atoms with Crippen LogP contribution in [0.15, 0.2) is 48.5 Å². The van der Waals surface area contributed by atoms with Crippen LogP contribution in [0.1, 0.15) is 25.0 Å². The first-order valence-electron chi connectivity index (χ1n) is 10.8. The molecule has 0 aromatic heterocycles. The Labute approximate surface area is 178 Å². The summed E-state index contributed by atoms with van der Waals surface area (Å²) in [5.41, 5.74) is 3.28. The number of nitrogens with zero attached hydrogens (tertiary/aromatic N) is 1. The summed E-state index contributed by atoms with van der Waals surface area (Å²) >= 11 is 0. The van der Waals surface area contributed by atoms with E-state index in [1.54, 1.807) is 0 Å². The van der Waals surface area contributed by atoms with Crippen LogP contribution in [0.4, 0.5) is 5.69 Å². The van der Waals surface area contributed by atoms with Crippen LogP contribution >= 0.6 is 0 Å². The summed E-state index contributed by atoms with van der Waals surface area (Å²) in [6, 6.07) is 15.8. The predicted molar refractivity (Wildman–Crippen MR) is 118 cm³/mol. The third-order valence-electron chi connectivity index (χ3n) is 5.60. The Morgan fingerprint density at radius 3 is 2.37 bits per heavy atom. The third kappa shape index (κ3) is 6.07. The van der Waals surface area contributed by atoms with Gasteiger partial charge in [0.2, 0.25) is 0 Å². The fourth-order valence-electron chi connectivity index (χ4n) is 3.68. The second-order valence-electron chi connectivity index (χ2n) is 7.65. The highest BCUT2D eigenvalue weighted by atomic mass is 16.5. The Balaban J connectivity index is 1.40. The molecule has 0 saturated carbocycles. The average Bonchev–Trinajstić information content (AvgIpc) is 2.78. The van der Waals surface area contributed by atoms with Crippen LogP contribution in [0.5, 0.6) is 5.75 Å². The fraction of sp³-hybridized carbons (Fsp3) is 0.417. The Kier molecular flexibility index (Phi) is 7.85. The van der Waals surface area contributed by atoms with E-state index in [1.807, 2.05) is 53.4 Å². The van der Waals surface area contributed by atoms with Gasteiger partial charge in [-0.25, -0.2) is 0 Å². The minimum atomic E-state index is -0.00468. The molecule has 160 valence electrons. The minimum absolute atomic E-state index is 0.00468. The van der Waals surface area contributed by atoms with E-state index in [2.05, 4.69) is 19.2 Å². The predicted octanol–water partition coefficient (Wildman–Crippen LogP) is 1.56. The lowest BCUT2D eigenvalue weighted by Gasteiger charge is -2.31. The van der Waals surface area contributed by atoms with Gasteiger partial charge in [0.1, 0.15) is 5.75 Å². The van der Waals surface area contributed by atoms with Crippen molar-refractivity contribution in [2.75, 3.05) is 44.6 Å². The summed E-state index contributed by atoms with van der Waals surface area (Å²) in [4.78, 5) is 27.9. The zero-order valence-electron chi connectivity index (χ0n) is 17.9. The number of hydrogen-bond acceptors (Lipinski definition) is 3. The van der Waals surface area contributed by atoms with E-state index in [1.165, 1.54) is 10.5 Å². The quantitative estimate of drug-likeness (QED) is 0.694. The number of anilines is 1. The molecule has 2 amide bonds. The van der Waals surface area contributed by atoms with Gasteiger partial charge in [-0.1, -0.05) is 44.2 Å². The smallest absolute Gasteiger partial charge is 0.279 e. The summed E-state index contributed by atoms with van der Waals surface area (Å²) in [6.07, 6.45) is 1.86. The average molecular weight is 411 g/mol. The number of aryl methyl sites for hydroxylation is 2. The maximum atomic E-state index is 12.4. The highest BCUT2D eigenvalue weighted by Crippen LogP contribution is 2.15. The first kappa shape index (κ1) is 21.8. The molecule has 2 aromatic rings. The van der Waals surface area contributed by atoms with Gasteiger partial charge in [0.15, 0.2) is 13.2 Å². The Hall–Kier alpha value is -2.86. The number of carbonyl (C=O) groups excluding carboxylic acids is 2. The van der Waals surface area contributed by atoms with E-state index in [4.69, 9.17) is 4.74 Å². The largest absolute Gasteiger partial charge is 0.484 e. The number of hydrogen-bond donors (Lipinski definition) is 2. The molecule has 2 N–H and O–H groups in total. The molecule has 0 aliphatic carbocycles. The van der Waals surface area contributed by atoms with Crippen LogP contribution in [0.25, 0.3) is 0 Å². The van der Waals surface area contributed by atoms with Crippen molar-refractivity contribution in [1.29, 1.82) is 0 Å². The molecule has 1 aliphatic heterocycles. The van der Waals surface area contributed by atoms with Gasteiger partial charge in [0.25, 0.3) is 11.8 Å². The van der Waals surface area contributed by atoms with Crippen LogP contribution in [0, 0.1) is 0 Å². The molecule has 0 spiro atoms. The normalized spacial score (nSPS) is 14.4. The fourth-order valence-corrected chi connectivity index (χ4v) is 3.68. The van der Waals surface area contributed by atoms with E-state index in [0.717, 1.165) is 37.2 Å². The zero-order valence-corrected chi connectivity index (χ0v) is 17.9. The first-order chi connectivity index (χ1) is 14.6. The summed E-state index contributed by atoms with van der Waals surface area (Å²) in [5.74, 6) is 0.730. The van der Waals surface area contributed by atoms with Gasteiger partial charge in [-0.05, 0) is 42.2 Å². The van der Waals surface area contributed by atoms with Crippen LogP contribution in [-0.4, -0.2) is 56.0 Å². The number of benzene rings is 2. The molecule has 1 fully saturated rings. The minimum Gasteiger partial charge on any atom is -0.484 e. The highest BCUT2D eigenvalue weighted by Gasteiger charge is 2.25. The lowest BCUT2D eigenvalue weighted by atomic mass is 10.1. The lowest BCUT2D eigenvalue weighted by Crippen LogP contribution is -3.15. The van der Waals surface area contributed by atoms with Gasteiger partial charge in [-0.2, -0.15) is 0 Å². The standard InChI is InChI=1S/C24H31N3O3/c1-3-19-9-11-21(12-10-19)30-18-24(29)27-15-13-26(14-16-27)17-23(28)25-22-8-6-5-7-20(22)4-2/h5-12H,3-4,13-18H2,1-2H3,(H,25,28)/p+1. The number of quaternary nitrogens is 1. The van der Waals surface area contributed by atoms with Crippen LogP contribution in [-0.2, 0) is 22.4 Å². The molecule has 0 atom stereocenters. The van der Waals surface area contributed by atoms with Crippen molar-refractivity contribution in [3.63, 3.8) is 0 Å². The van der Waals surface area contributed by atoms with Crippen molar-refractivity contribution < 1.29 is 19.2 Å². The number of nitrogens with one attached hydrogen (secondary N) is 2. The molecule has 0 unspecified atom stereocenters. The maximum Gasteiger partial charge on any atom is 0.279 e. The van der Waals surface area contributed by atoms with Gasteiger partial charge in [0.05, 0.1) is 26.2 Å². The summed E-state index contributed by atoms with van der Waals surface area (Å²) in [6.45, 7) is 7.47. The van der Waals surface area contributed by atoms with E-state index in [-0.39, 0.29) is 18.4 Å². The third-order valence-corrected chi connectivity index (χ3v) is 5.60. The van der Waals surface area contributed by atoms with Crippen molar-refractivity contribution in [3.05, 3.63) is 59.7 Å². The second-order valence-corrected chi connectivity index (χ2v) is 7.65. The molecule has 1 heterocycles. The Morgan fingerprint density at radius 2 is 1.70 bits per heavy atom. The van der Waals surface area contributed by atoms with Crippen LogP contribution < -0.4 is 15.0 Å². The number of rotatable bonds is 8. The van der Waals surface area contributed by atoms with Gasteiger partial charge >= 0.3 is 0 Å². The number of piperazine rings is 1. The summed E-state index contributed by atoms with van der Waals surface area (Å²) < 4.78 is 5.64. The lowest BCUT2D eigenvalue weighted by molar-refractivity contribution is -0.895. The molecule has 6 heteroatoms. The van der Waals surface area contributed by atoms with Crippen LogP contribution in [0.3, 0.4) is 0 Å². The Bertz CT molecular complexity index is 843. The molecule has 0 radical (unpaired) electrons. The molecule has 30 heavy (non-hydrogen) atoms. The van der Waals surface area contributed by atoms with Crippen molar-refractivity contribution in [2.45, 2.75) is 26.7 Å². The van der Waals surface area contributed by atoms with Crippen molar-refractivity contribution in [3.8, 4) is 5.75 Å². The molecule has 0 bridgehead atoms. The number of carbonyl (C=O) groups is 2. The van der Waals surface area contributed by atoms with E-state index in [9.17, 15) is 9.59 Å². The number of amides is 2. The number of para-hydroxylation sites is 1. The van der Waals surface area contributed by atoms with Crippen molar-refractivity contribution in [1.82, 2.24) is 4.90 Å². The molecular formula is C24H32N3O3+. The summed E-state index contributed by atoms with van der Waals surface area (Å²) in [5, 5.41) is 3.03. The van der Waals surface area contributed by atoms with Gasteiger partial charge in [-0.3, -0.25) is 9.59 Å². The molecule has 6 nitrogen and oxygen atoms in total. The molecule has 3 rings (SSSR count). The van der Waals surface area contributed by atoms with Gasteiger partial charge in [0, 0.05) is 5.69 Å². The van der Waals surface area contributed by atoms with Crippen LogP contribution in [0.2, 0.25) is 0 Å². The Morgan fingerprint density at radius 1 is 1.00 bits per heavy atom. The zero-order chi connectivity index (χ0) is 21.3. The van der Waals surface area contributed by atoms with E-state index >= 15 is 0 Å². The van der Waals surface area contributed by atoms with E-state index in [0.29, 0.717) is 25.4 Å². The molecule has 1 aliphatic rings. The highest BCUT2D eigenvalue weighted by molar-refractivity contribution is 5.92. The van der Waals surface area contributed by atoms with Crippen molar-refractivity contribution in [2.24, 2.45) is 0 Å². The molecule has 1 saturated heterocycles. The SMILES string of the molecule is CCc1ccc(OCC(=O)N2CC[NH+](CC(=O)Nc3ccccc3CC)CC2)cc1. The monoisotopic (exact) mass is 410 g/mol. The van der Waals surface area contributed by atoms with E-state index < -0.39 is 0 Å². The maximum absolute atomic E-state index is 12.4. The first-order valence-corrected chi connectivity index (χ1v) is 10.8. The molecule has 2 aromatic carbocycles. The molecular weight excluding hydrogens is 378 g/mol. The topological polar surface area (TPSA) is 63.1 Å². The van der Waals surface area contributed by atoms with Gasteiger partial charge < -0.3 is 19.9 Å². The van der Waals surface area contributed by atoms with Gasteiger partial charge in [-0.15, -0.1) is 0 Å². The van der Waals surface area contributed by atoms with Crippen molar-refractivity contribution >= 4 is 17.5 Å². The summed E-state index contributed by atoms with van der Waals surface area (Å²) in [7, 11) is 0.